The normalized spacial score (nSPS) is 16.2. The monoisotopic (exact) mass is 327 g/mol. The molecular weight excluding hydrogens is 314 g/mol. The van der Waals surface area contributed by atoms with Gasteiger partial charge in [-0.25, -0.2) is 0 Å². The molecule has 0 amide bonds. The molecule has 1 unspecified atom stereocenters. The number of nitrogens with two attached hydrogens (primary N) is 1. The van der Waals surface area contributed by atoms with Crippen LogP contribution in [0.2, 0.25) is 0 Å². The summed E-state index contributed by atoms with van der Waals surface area (Å²) in [5.74, 6) is -0.311. The molecule has 9 nitrogen and oxygen atoms in total. The summed E-state index contributed by atoms with van der Waals surface area (Å²) in [7, 11) is 1.53. The third-order valence-electron chi connectivity index (χ3n) is 3.74. The minimum atomic E-state index is -0.538. The molecule has 1 aromatic heterocycles. The van der Waals surface area contributed by atoms with Crippen LogP contribution in [0.4, 0.5) is 5.69 Å². The lowest BCUT2D eigenvalue weighted by molar-refractivity contribution is -0.384. The number of rotatable bonds is 4. The fourth-order valence-electron chi connectivity index (χ4n) is 2.68. The van der Waals surface area contributed by atoms with E-state index < -0.39 is 10.8 Å². The average molecular weight is 327 g/mol. The number of H-pyrrole nitrogens is 1. The van der Waals surface area contributed by atoms with Crippen molar-refractivity contribution >= 4 is 5.69 Å². The van der Waals surface area contributed by atoms with Gasteiger partial charge in [-0.3, -0.25) is 15.2 Å². The number of hydrogen-bond acceptors (Lipinski definition) is 7. The maximum Gasteiger partial charge on any atom is 0.269 e. The molecule has 0 spiro atoms. The standard InChI is InChI=1S/C15H13N5O4/c1-23-7-11-13-12(8-2-4-9(5-3-8)20(21)22)10(6-16)14(17)24-15(13)19-18-11/h2-5,12H,7,17H2,1H3,(H,18,19). The molecule has 1 aromatic carbocycles. The number of nitro benzene ring substituents is 1. The van der Waals surface area contributed by atoms with Crippen molar-refractivity contribution in [2.45, 2.75) is 12.5 Å². The van der Waals surface area contributed by atoms with Crippen molar-refractivity contribution in [2.75, 3.05) is 7.11 Å². The molecule has 24 heavy (non-hydrogen) atoms. The van der Waals surface area contributed by atoms with Crippen molar-refractivity contribution in [1.82, 2.24) is 10.2 Å². The summed E-state index contributed by atoms with van der Waals surface area (Å²) in [6, 6.07) is 7.99. The quantitative estimate of drug-likeness (QED) is 0.643. The number of allylic oxidation sites excluding steroid dienone is 1. The lowest BCUT2D eigenvalue weighted by atomic mass is 9.84. The molecule has 0 aliphatic carbocycles. The number of ether oxygens (including phenoxy) is 2. The SMILES string of the molecule is COCc1[nH]nc2c1C(c1ccc([N+](=O)[O-])cc1)C(C#N)=C(N)O2. The fraction of sp³-hybridized carbons (Fsp3) is 0.200. The highest BCUT2D eigenvalue weighted by molar-refractivity contribution is 5.55. The van der Waals surface area contributed by atoms with Gasteiger partial charge in [0, 0.05) is 19.2 Å². The second-order valence-corrected chi connectivity index (χ2v) is 5.13. The van der Waals surface area contributed by atoms with Gasteiger partial charge >= 0.3 is 0 Å². The molecule has 2 heterocycles. The fourth-order valence-corrected chi connectivity index (χ4v) is 2.68. The molecule has 1 aliphatic heterocycles. The van der Waals surface area contributed by atoms with Crippen molar-refractivity contribution in [2.24, 2.45) is 5.73 Å². The van der Waals surface area contributed by atoms with Gasteiger partial charge in [-0.2, -0.15) is 5.26 Å². The summed E-state index contributed by atoms with van der Waals surface area (Å²) >= 11 is 0. The van der Waals surface area contributed by atoms with Crippen LogP contribution in [-0.4, -0.2) is 22.2 Å². The van der Waals surface area contributed by atoms with Gasteiger partial charge in [0.1, 0.15) is 11.6 Å². The van der Waals surface area contributed by atoms with E-state index >= 15 is 0 Å². The van der Waals surface area contributed by atoms with E-state index in [0.29, 0.717) is 16.8 Å². The third-order valence-corrected chi connectivity index (χ3v) is 3.74. The number of fused-ring (bicyclic) bond motifs is 1. The van der Waals surface area contributed by atoms with Crippen molar-refractivity contribution in [3.05, 3.63) is 62.7 Å². The highest BCUT2D eigenvalue weighted by Crippen LogP contribution is 2.43. The zero-order valence-corrected chi connectivity index (χ0v) is 12.6. The number of non-ortho nitro benzene ring substituents is 1. The summed E-state index contributed by atoms with van der Waals surface area (Å²) in [5, 5.41) is 27.2. The van der Waals surface area contributed by atoms with Gasteiger partial charge in [0.25, 0.3) is 5.69 Å². The summed E-state index contributed by atoms with van der Waals surface area (Å²) in [6.07, 6.45) is 0. The number of benzene rings is 1. The minimum absolute atomic E-state index is 0.0363. The Morgan fingerprint density at radius 3 is 2.79 bits per heavy atom. The highest BCUT2D eigenvalue weighted by Gasteiger charge is 2.35. The van der Waals surface area contributed by atoms with Crippen LogP contribution in [0, 0.1) is 21.4 Å². The highest BCUT2D eigenvalue weighted by atomic mass is 16.6. The van der Waals surface area contributed by atoms with Crippen LogP contribution < -0.4 is 10.5 Å². The lowest BCUT2D eigenvalue weighted by Gasteiger charge is -2.23. The number of nitriles is 1. The van der Waals surface area contributed by atoms with E-state index in [1.165, 1.54) is 19.2 Å². The van der Waals surface area contributed by atoms with Crippen molar-refractivity contribution in [1.29, 1.82) is 5.26 Å². The van der Waals surface area contributed by atoms with E-state index in [0.717, 1.165) is 0 Å². The largest absolute Gasteiger partial charge is 0.420 e. The van der Waals surface area contributed by atoms with E-state index in [1.807, 2.05) is 0 Å². The molecule has 122 valence electrons. The van der Waals surface area contributed by atoms with Gasteiger partial charge in [0.15, 0.2) is 0 Å². The molecule has 0 fully saturated rings. The van der Waals surface area contributed by atoms with Crippen LogP contribution in [-0.2, 0) is 11.3 Å². The maximum atomic E-state index is 10.8. The van der Waals surface area contributed by atoms with Gasteiger partial charge in [-0.15, -0.1) is 5.10 Å². The first kappa shape index (κ1) is 15.5. The second kappa shape index (κ2) is 6.02. The molecule has 0 saturated heterocycles. The molecular formula is C15H13N5O4. The zero-order chi connectivity index (χ0) is 17.3. The van der Waals surface area contributed by atoms with Crippen molar-refractivity contribution < 1.29 is 14.4 Å². The Labute approximate surface area is 136 Å². The van der Waals surface area contributed by atoms with Crippen molar-refractivity contribution in [3.63, 3.8) is 0 Å². The summed E-state index contributed by atoms with van der Waals surface area (Å²) in [5.41, 5.74) is 7.97. The zero-order valence-electron chi connectivity index (χ0n) is 12.6. The molecule has 3 rings (SSSR count). The first-order valence-electron chi connectivity index (χ1n) is 6.94. The first-order chi connectivity index (χ1) is 11.6. The van der Waals surface area contributed by atoms with Crippen LogP contribution in [0.3, 0.4) is 0 Å². The Bertz CT molecular complexity index is 863. The van der Waals surface area contributed by atoms with Crippen LogP contribution in [0.15, 0.2) is 35.7 Å². The molecule has 1 atom stereocenters. The number of hydrogen-bond donors (Lipinski definition) is 2. The Hall–Kier alpha value is -3.38. The number of methoxy groups -OCH3 is 1. The number of aromatic amines is 1. The van der Waals surface area contributed by atoms with Crippen LogP contribution in [0.5, 0.6) is 5.88 Å². The van der Waals surface area contributed by atoms with E-state index in [9.17, 15) is 15.4 Å². The minimum Gasteiger partial charge on any atom is -0.420 e. The van der Waals surface area contributed by atoms with Gasteiger partial charge < -0.3 is 15.2 Å². The summed E-state index contributed by atoms with van der Waals surface area (Å²) in [4.78, 5) is 10.3. The maximum absolute atomic E-state index is 10.8. The summed E-state index contributed by atoms with van der Waals surface area (Å²) < 4.78 is 10.5. The Kier molecular flexibility index (Phi) is 3.89. The number of nitrogens with one attached hydrogen (secondary N) is 1. The molecule has 3 N–H and O–H groups in total. The molecule has 2 aromatic rings. The van der Waals surface area contributed by atoms with E-state index in [1.54, 1.807) is 12.1 Å². The predicted molar refractivity (Wildman–Crippen MR) is 81.7 cm³/mol. The molecule has 0 bridgehead atoms. The molecule has 1 aliphatic rings. The van der Waals surface area contributed by atoms with Gasteiger partial charge in [-0.1, -0.05) is 12.1 Å². The van der Waals surface area contributed by atoms with Gasteiger partial charge in [0.2, 0.25) is 11.8 Å². The van der Waals surface area contributed by atoms with E-state index in [4.69, 9.17) is 15.2 Å². The first-order valence-corrected chi connectivity index (χ1v) is 6.94. The van der Waals surface area contributed by atoms with Crippen molar-refractivity contribution in [3.8, 4) is 11.9 Å². The molecule has 9 heteroatoms. The van der Waals surface area contributed by atoms with Gasteiger partial charge in [0.05, 0.1) is 28.7 Å². The Morgan fingerprint density at radius 2 is 2.21 bits per heavy atom. The smallest absolute Gasteiger partial charge is 0.269 e. The third kappa shape index (κ3) is 2.45. The molecule has 0 saturated carbocycles. The van der Waals surface area contributed by atoms with Gasteiger partial charge in [-0.05, 0) is 5.56 Å². The number of nitro groups is 1. The molecule has 0 radical (unpaired) electrons. The Morgan fingerprint density at radius 1 is 1.50 bits per heavy atom. The number of aromatic nitrogens is 2. The Balaban J connectivity index is 2.15. The van der Waals surface area contributed by atoms with Crippen LogP contribution in [0.25, 0.3) is 0 Å². The van der Waals surface area contributed by atoms with E-state index in [2.05, 4.69) is 16.3 Å². The van der Waals surface area contributed by atoms with Crippen LogP contribution >= 0.6 is 0 Å². The second-order valence-electron chi connectivity index (χ2n) is 5.13. The average Bonchev–Trinajstić information content (AvgIpc) is 2.96. The predicted octanol–water partition coefficient (Wildman–Crippen LogP) is 1.68. The topological polar surface area (TPSA) is 140 Å². The van der Waals surface area contributed by atoms with E-state index in [-0.39, 0.29) is 29.6 Å². The lowest BCUT2D eigenvalue weighted by Crippen LogP contribution is -2.21. The number of nitrogens with zero attached hydrogens (tertiary/aromatic N) is 3. The summed E-state index contributed by atoms with van der Waals surface area (Å²) in [6.45, 7) is 0.244. The van der Waals surface area contributed by atoms with Crippen LogP contribution in [0.1, 0.15) is 22.7 Å².